The van der Waals surface area contributed by atoms with Crippen LogP contribution in [0, 0.1) is 10.8 Å². The van der Waals surface area contributed by atoms with E-state index in [0.717, 1.165) is 70.9 Å². The van der Waals surface area contributed by atoms with Gasteiger partial charge in [0.2, 0.25) is 0 Å². The summed E-state index contributed by atoms with van der Waals surface area (Å²) in [5.74, 6) is 3.50. The summed E-state index contributed by atoms with van der Waals surface area (Å²) in [7, 11) is 0. The van der Waals surface area contributed by atoms with Crippen LogP contribution in [-0.2, 0) is 15.6 Å². The van der Waals surface area contributed by atoms with Gasteiger partial charge in [-0.25, -0.2) is 0 Å². The standard InChI is InChI=1S/C45H64O5S2/c1-13-46-31-50-41-28-52-26-37(41)35-24-33(45(11,12)30-43(6,7)8)18-20-39(35)49-22-16-15-21-48-38-19-17-32(44(9,10)29-42(3,4)5)23-34(38)36-25-51-27-40(36)47-14-2/h17-20,23-28H,13-16,21-22,29-31H2,1-12H3. The van der Waals surface area contributed by atoms with Gasteiger partial charge in [0.25, 0.3) is 0 Å². The molecule has 0 aliphatic carbocycles. The van der Waals surface area contributed by atoms with Crippen molar-refractivity contribution < 1.29 is 23.7 Å². The Morgan fingerprint density at radius 1 is 0.481 bits per heavy atom. The third-order valence-electron chi connectivity index (χ3n) is 9.16. The summed E-state index contributed by atoms with van der Waals surface area (Å²) in [6.07, 6.45) is 3.87. The molecule has 0 radical (unpaired) electrons. The Hall–Kier alpha value is -3.00. The molecule has 0 unspecified atom stereocenters. The maximum Gasteiger partial charge on any atom is 0.189 e. The molecule has 0 atom stereocenters. The van der Waals surface area contributed by atoms with E-state index in [1.807, 2.05) is 19.2 Å². The van der Waals surface area contributed by atoms with Crippen LogP contribution in [0.2, 0.25) is 0 Å². The lowest BCUT2D eigenvalue weighted by Crippen LogP contribution is -2.25. The Kier molecular flexibility index (Phi) is 14.4. The Bertz CT molecular complexity index is 1700. The normalized spacial score (nSPS) is 12.6. The van der Waals surface area contributed by atoms with E-state index in [2.05, 4.69) is 122 Å². The average Bonchev–Trinajstić information content (AvgIpc) is 3.70. The molecule has 52 heavy (non-hydrogen) atoms. The minimum Gasteiger partial charge on any atom is -0.493 e. The lowest BCUT2D eigenvalue weighted by atomic mass is 9.72. The second-order valence-electron chi connectivity index (χ2n) is 17.6. The molecule has 0 aliphatic rings. The first-order valence-corrected chi connectivity index (χ1v) is 20.8. The molecule has 2 heterocycles. The molecular formula is C45H64O5S2. The molecule has 5 nitrogen and oxygen atoms in total. The van der Waals surface area contributed by atoms with Gasteiger partial charge in [0.15, 0.2) is 6.79 Å². The molecular weight excluding hydrogens is 685 g/mol. The van der Waals surface area contributed by atoms with E-state index in [0.29, 0.717) is 26.4 Å². The number of thiophene rings is 2. The summed E-state index contributed by atoms with van der Waals surface area (Å²) in [5.41, 5.74) is 7.33. The summed E-state index contributed by atoms with van der Waals surface area (Å²) >= 11 is 3.30. The van der Waals surface area contributed by atoms with E-state index in [9.17, 15) is 0 Å². The van der Waals surface area contributed by atoms with E-state index in [4.69, 9.17) is 23.7 Å². The molecule has 0 aliphatic heterocycles. The van der Waals surface area contributed by atoms with Crippen molar-refractivity contribution in [3.63, 3.8) is 0 Å². The Labute approximate surface area is 323 Å². The van der Waals surface area contributed by atoms with Gasteiger partial charge < -0.3 is 23.7 Å². The molecule has 0 bridgehead atoms. The van der Waals surface area contributed by atoms with Crippen molar-refractivity contribution in [1.82, 2.24) is 0 Å². The zero-order valence-corrected chi connectivity index (χ0v) is 35.6. The van der Waals surface area contributed by atoms with Crippen molar-refractivity contribution in [2.24, 2.45) is 10.8 Å². The molecule has 0 fully saturated rings. The molecule has 286 valence electrons. The van der Waals surface area contributed by atoms with Gasteiger partial charge in [0.1, 0.15) is 23.0 Å². The van der Waals surface area contributed by atoms with Gasteiger partial charge in [0.05, 0.1) is 19.8 Å². The number of ether oxygens (including phenoxy) is 5. The minimum absolute atomic E-state index is 0.00290. The highest BCUT2D eigenvalue weighted by Gasteiger charge is 2.30. The van der Waals surface area contributed by atoms with E-state index < -0.39 is 0 Å². The molecule has 0 saturated heterocycles. The largest absolute Gasteiger partial charge is 0.493 e. The van der Waals surface area contributed by atoms with Gasteiger partial charge in [-0.1, -0.05) is 81.4 Å². The predicted molar refractivity (Wildman–Crippen MR) is 222 cm³/mol. The fraction of sp³-hybridized carbons (Fsp3) is 0.556. The lowest BCUT2D eigenvalue weighted by molar-refractivity contribution is 0.0230. The van der Waals surface area contributed by atoms with Crippen LogP contribution in [0.5, 0.6) is 23.0 Å². The number of hydrogen-bond acceptors (Lipinski definition) is 7. The van der Waals surface area contributed by atoms with E-state index in [-0.39, 0.29) is 28.5 Å². The molecule has 7 heteroatoms. The van der Waals surface area contributed by atoms with Gasteiger partial charge in [-0.15, -0.1) is 22.7 Å². The Morgan fingerprint density at radius 2 is 0.923 bits per heavy atom. The van der Waals surface area contributed by atoms with Gasteiger partial charge in [-0.2, -0.15) is 0 Å². The van der Waals surface area contributed by atoms with E-state index in [1.54, 1.807) is 22.7 Å². The molecule has 0 amide bonds. The highest BCUT2D eigenvalue weighted by atomic mass is 32.1. The van der Waals surface area contributed by atoms with Gasteiger partial charge in [0, 0.05) is 50.4 Å². The van der Waals surface area contributed by atoms with Crippen LogP contribution < -0.4 is 18.9 Å². The second-order valence-corrected chi connectivity index (χ2v) is 19.0. The Balaban J connectivity index is 1.49. The lowest BCUT2D eigenvalue weighted by Gasteiger charge is -2.33. The molecule has 2 aromatic carbocycles. The monoisotopic (exact) mass is 748 g/mol. The van der Waals surface area contributed by atoms with Crippen LogP contribution in [-0.4, -0.2) is 33.2 Å². The Morgan fingerprint density at radius 3 is 1.33 bits per heavy atom. The predicted octanol–water partition coefficient (Wildman–Crippen LogP) is 13.6. The van der Waals surface area contributed by atoms with Gasteiger partial charge >= 0.3 is 0 Å². The molecule has 0 saturated carbocycles. The highest BCUT2D eigenvalue weighted by Crippen LogP contribution is 2.45. The number of unbranched alkanes of at least 4 members (excludes halogenated alkanes) is 1. The average molecular weight is 749 g/mol. The first-order valence-electron chi connectivity index (χ1n) is 19.0. The van der Waals surface area contributed by atoms with Crippen LogP contribution >= 0.6 is 22.7 Å². The second kappa shape index (κ2) is 17.9. The highest BCUT2D eigenvalue weighted by molar-refractivity contribution is 7.08. The van der Waals surface area contributed by atoms with Crippen LogP contribution in [0.3, 0.4) is 0 Å². The molecule has 4 aromatic rings. The minimum atomic E-state index is -0.00290. The zero-order chi connectivity index (χ0) is 38.2. The van der Waals surface area contributed by atoms with Crippen molar-refractivity contribution in [3.8, 4) is 45.3 Å². The maximum absolute atomic E-state index is 6.53. The third kappa shape index (κ3) is 11.8. The topological polar surface area (TPSA) is 46.2 Å². The van der Waals surface area contributed by atoms with Crippen molar-refractivity contribution in [1.29, 1.82) is 0 Å². The molecule has 0 N–H and O–H groups in total. The van der Waals surface area contributed by atoms with Crippen LogP contribution in [0.25, 0.3) is 22.3 Å². The van der Waals surface area contributed by atoms with Crippen LogP contribution in [0.1, 0.15) is 120 Å². The number of benzene rings is 2. The summed E-state index contributed by atoms with van der Waals surface area (Å²) in [5, 5.41) is 8.45. The number of hydrogen-bond donors (Lipinski definition) is 0. The summed E-state index contributed by atoms with van der Waals surface area (Å²) < 4.78 is 30.6. The summed E-state index contributed by atoms with van der Waals surface area (Å²) in [6.45, 7) is 29.9. The van der Waals surface area contributed by atoms with Crippen molar-refractivity contribution in [2.75, 3.05) is 33.2 Å². The first kappa shape index (κ1) is 41.8. The number of rotatable bonds is 19. The van der Waals surface area contributed by atoms with Crippen LogP contribution in [0.4, 0.5) is 0 Å². The van der Waals surface area contributed by atoms with E-state index in [1.165, 1.54) is 11.1 Å². The molecule has 0 spiro atoms. The third-order valence-corrected chi connectivity index (χ3v) is 10.6. The quantitative estimate of drug-likeness (QED) is 0.0706. The van der Waals surface area contributed by atoms with E-state index >= 15 is 0 Å². The SMILES string of the molecule is CCOCOc1cscc1-c1cc(C(C)(C)CC(C)(C)C)ccc1OCCCCOc1ccc(C(C)(C)CC(C)(C)C)cc1-c1cscc1OCC. The fourth-order valence-corrected chi connectivity index (χ4v) is 9.06. The zero-order valence-electron chi connectivity index (χ0n) is 34.0. The summed E-state index contributed by atoms with van der Waals surface area (Å²) in [4.78, 5) is 0. The van der Waals surface area contributed by atoms with Crippen molar-refractivity contribution in [2.45, 2.75) is 120 Å². The smallest absolute Gasteiger partial charge is 0.189 e. The van der Waals surface area contributed by atoms with Crippen LogP contribution in [0.15, 0.2) is 57.9 Å². The first-order chi connectivity index (χ1) is 24.4. The van der Waals surface area contributed by atoms with Gasteiger partial charge in [-0.05, 0) is 96.6 Å². The maximum atomic E-state index is 6.53. The molecule has 4 rings (SSSR count). The fourth-order valence-electron chi connectivity index (χ4n) is 7.53. The van der Waals surface area contributed by atoms with Gasteiger partial charge in [-0.3, -0.25) is 0 Å². The molecule has 2 aromatic heterocycles. The van der Waals surface area contributed by atoms with Crippen molar-refractivity contribution in [3.05, 3.63) is 69.0 Å². The summed E-state index contributed by atoms with van der Waals surface area (Å²) in [6, 6.07) is 13.4. The van der Waals surface area contributed by atoms with Crippen molar-refractivity contribution >= 4 is 22.7 Å².